The fourth-order valence-corrected chi connectivity index (χ4v) is 3.87. The van der Waals surface area contributed by atoms with Gasteiger partial charge in [-0.25, -0.2) is 9.78 Å². The van der Waals surface area contributed by atoms with Gasteiger partial charge in [0.15, 0.2) is 16.3 Å². The second-order valence-corrected chi connectivity index (χ2v) is 8.10. The van der Waals surface area contributed by atoms with Gasteiger partial charge < -0.3 is 4.57 Å². The van der Waals surface area contributed by atoms with Crippen molar-refractivity contribution in [2.24, 2.45) is 14.1 Å². The van der Waals surface area contributed by atoms with E-state index in [1.165, 1.54) is 11.6 Å². The molecule has 3 rings (SSSR count). The number of rotatable bonds is 5. The summed E-state index contributed by atoms with van der Waals surface area (Å²) in [7, 11) is 3.12. The number of hydrogen-bond acceptors (Lipinski definition) is 4. The van der Waals surface area contributed by atoms with Gasteiger partial charge in [-0.1, -0.05) is 55.4 Å². The van der Waals surface area contributed by atoms with Crippen molar-refractivity contribution in [3.05, 3.63) is 55.7 Å². The van der Waals surface area contributed by atoms with Gasteiger partial charge in [0.2, 0.25) is 0 Å². The number of imidazole rings is 1. The number of halogens is 1. The molecule has 3 aromatic rings. The van der Waals surface area contributed by atoms with E-state index in [0.717, 1.165) is 16.6 Å². The summed E-state index contributed by atoms with van der Waals surface area (Å²) in [6, 6.07) is 7.54. The van der Waals surface area contributed by atoms with Crippen molar-refractivity contribution in [1.29, 1.82) is 0 Å². The van der Waals surface area contributed by atoms with Crippen molar-refractivity contribution in [2.75, 3.05) is 0 Å². The van der Waals surface area contributed by atoms with Crippen LogP contribution in [0.3, 0.4) is 0 Å². The molecule has 138 valence electrons. The first-order valence-electron chi connectivity index (χ1n) is 8.41. The summed E-state index contributed by atoms with van der Waals surface area (Å²) in [4.78, 5) is 29.7. The highest BCUT2D eigenvalue weighted by molar-refractivity contribution is 7.99. The quantitative estimate of drug-likeness (QED) is 0.626. The lowest BCUT2D eigenvalue weighted by atomic mass is 10.2. The average Bonchev–Trinajstić information content (AvgIpc) is 2.98. The Morgan fingerprint density at radius 2 is 1.88 bits per heavy atom. The fourth-order valence-electron chi connectivity index (χ4n) is 2.72. The molecule has 0 radical (unpaired) electrons. The van der Waals surface area contributed by atoms with Gasteiger partial charge in [0.05, 0.1) is 6.54 Å². The Morgan fingerprint density at radius 3 is 2.54 bits per heavy atom. The molecular formula is C18H21ClN4O2S. The highest BCUT2D eigenvalue weighted by atomic mass is 35.5. The normalized spacial score (nSPS) is 12.7. The second-order valence-electron chi connectivity index (χ2n) is 6.29. The van der Waals surface area contributed by atoms with Crippen LogP contribution in [-0.4, -0.2) is 23.9 Å². The predicted molar refractivity (Wildman–Crippen MR) is 106 cm³/mol. The topological polar surface area (TPSA) is 61.8 Å². The van der Waals surface area contributed by atoms with Gasteiger partial charge in [-0.2, -0.15) is 0 Å². The molecule has 0 spiro atoms. The lowest BCUT2D eigenvalue weighted by Gasteiger charge is -2.12. The number of aromatic nitrogens is 4. The fraction of sp³-hybridized carbons (Fsp3) is 0.389. The Kier molecular flexibility index (Phi) is 5.29. The third-order valence-corrected chi connectivity index (χ3v) is 6.11. The number of aryl methyl sites for hydroxylation is 1. The molecule has 1 atom stereocenters. The Bertz CT molecular complexity index is 1080. The maximum atomic E-state index is 12.8. The monoisotopic (exact) mass is 392 g/mol. The van der Waals surface area contributed by atoms with E-state index in [4.69, 9.17) is 11.6 Å². The van der Waals surface area contributed by atoms with E-state index in [1.807, 2.05) is 28.8 Å². The van der Waals surface area contributed by atoms with E-state index in [9.17, 15) is 9.59 Å². The van der Waals surface area contributed by atoms with Gasteiger partial charge in [0, 0.05) is 24.4 Å². The SMILES string of the molecule is CC[C@@H](C)Sc1nc2c(c(=O)n(C)c(=O)n2C)n1Cc1ccccc1Cl. The van der Waals surface area contributed by atoms with Crippen LogP contribution in [0.15, 0.2) is 39.0 Å². The highest BCUT2D eigenvalue weighted by Crippen LogP contribution is 2.28. The summed E-state index contributed by atoms with van der Waals surface area (Å²) in [6.45, 7) is 4.64. The summed E-state index contributed by atoms with van der Waals surface area (Å²) in [5.41, 5.74) is 0.982. The molecule has 0 aliphatic heterocycles. The third kappa shape index (κ3) is 3.21. The smallest absolute Gasteiger partial charge is 0.309 e. The number of thioether (sulfide) groups is 1. The Balaban J connectivity index is 2.30. The lowest BCUT2D eigenvalue weighted by Crippen LogP contribution is -2.37. The third-order valence-electron chi connectivity index (χ3n) is 4.48. The van der Waals surface area contributed by atoms with Crippen molar-refractivity contribution in [1.82, 2.24) is 18.7 Å². The summed E-state index contributed by atoms with van der Waals surface area (Å²) in [5.74, 6) is 0. The highest BCUT2D eigenvalue weighted by Gasteiger charge is 2.21. The number of nitrogens with zero attached hydrogens (tertiary/aromatic N) is 4. The van der Waals surface area contributed by atoms with Crippen LogP contribution in [-0.2, 0) is 20.6 Å². The van der Waals surface area contributed by atoms with E-state index in [0.29, 0.717) is 33.1 Å². The van der Waals surface area contributed by atoms with Crippen LogP contribution in [0.4, 0.5) is 0 Å². The molecule has 0 amide bonds. The van der Waals surface area contributed by atoms with Gasteiger partial charge >= 0.3 is 5.69 Å². The van der Waals surface area contributed by atoms with E-state index < -0.39 is 0 Å². The summed E-state index contributed by atoms with van der Waals surface area (Å²) < 4.78 is 4.40. The van der Waals surface area contributed by atoms with Gasteiger partial charge in [-0.05, 0) is 18.1 Å². The first kappa shape index (κ1) is 18.8. The summed E-state index contributed by atoms with van der Waals surface area (Å²) >= 11 is 7.92. The molecule has 0 saturated heterocycles. The predicted octanol–water partition coefficient (Wildman–Crippen LogP) is 3.03. The van der Waals surface area contributed by atoms with Crippen molar-refractivity contribution in [3.8, 4) is 0 Å². The van der Waals surface area contributed by atoms with Crippen LogP contribution in [0.1, 0.15) is 25.8 Å². The van der Waals surface area contributed by atoms with Crippen molar-refractivity contribution in [2.45, 2.75) is 37.2 Å². The van der Waals surface area contributed by atoms with Gasteiger partial charge in [-0.3, -0.25) is 13.9 Å². The zero-order chi connectivity index (χ0) is 19.0. The summed E-state index contributed by atoms with van der Waals surface area (Å²) in [6.07, 6.45) is 0.969. The zero-order valence-corrected chi connectivity index (χ0v) is 16.8. The zero-order valence-electron chi connectivity index (χ0n) is 15.2. The standard InChI is InChI=1S/C18H21ClN4O2S/c1-5-11(2)26-17-20-15-14(16(24)22(4)18(25)21(15)3)23(17)10-12-8-6-7-9-13(12)19/h6-9,11H,5,10H2,1-4H3/t11-/m1/s1. The van der Waals surface area contributed by atoms with Crippen LogP contribution in [0.25, 0.3) is 11.2 Å². The van der Waals surface area contributed by atoms with Crippen LogP contribution in [0.2, 0.25) is 5.02 Å². The van der Waals surface area contributed by atoms with Crippen molar-refractivity contribution in [3.63, 3.8) is 0 Å². The van der Waals surface area contributed by atoms with E-state index in [2.05, 4.69) is 18.8 Å². The maximum absolute atomic E-state index is 12.8. The lowest BCUT2D eigenvalue weighted by molar-refractivity contribution is 0.696. The summed E-state index contributed by atoms with van der Waals surface area (Å²) in [5, 5.41) is 1.68. The van der Waals surface area contributed by atoms with Crippen molar-refractivity contribution >= 4 is 34.5 Å². The van der Waals surface area contributed by atoms with E-state index in [1.54, 1.807) is 18.8 Å². The van der Waals surface area contributed by atoms with Crippen LogP contribution in [0.5, 0.6) is 0 Å². The Hall–Kier alpha value is -1.99. The van der Waals surface area contributed by atoms with Gasteiger partial charge in [-0.15, -0.1) is 0 Å². The second kappa shape index (κ2) is 7.32. The van der Waals surface area contributed by atoms with Crippen LogP contribution >= 0.6 is 23.4 Å². The molecular weight excluding hydrogens is 372 g/mol. The first-order valence-corrected chi connectivity index (χ1v) is 9.67. The van der Waals surface area contributed by atoms with E-state index >= 15 is 0 Å². The number of benzene rings is 1. The number of hydrogen-bond donors (Lipinski definition) is 0. The first-order chi connectivity index (χ1) is 12.3. The molecule has 2 heterocycles. The molecule has 8 heteroatoms. The van der Waals surface area contributed by atoms with Crippen LogP contribution in [0, 0.1) is 0 Å². The molecule has 0 bridgehead atoms. The average molecular weight is 393 g/mol. The molecule has 1 aromatic carbocycles. The minimum atomic E-state index is -0.384. The van der Waals surface area contributed by atoms with Crippen molar-refractivity contribution < 1.29 is 0 Å². The van der Waals surface area contributed by atoms with E-state index in [-0.39, 0.29) is 11.2 Å². The molecule has 2 aromatic heterocycles. The molecule has 0 fully saturated rings. The Morgan fingerprint density at radius 1 is 1.19 bits per heavy atom. The molecule has 6 nitrogen and oxygen atoms in total. The number of fused-ring (bicyclic) bond motifs is 1. The van der Waals surface area contributed by atoms with Gasteiger partial charge in [0.25, 0.3) is 5.56 Å². The molecule has 26 heavy (non-hydrogen) atoms. The minimum absolute atomic E-state index is 0.331. The Labute approximate surface area is 160 Å². The molecule has 0 N–H and O–H groups in total. The van der Waals surface area contributed by atoms with Gasteiger partial charge in [0.1, 0.15) is 0 Å². The van der Waals surface area contributed by atoms with Crippen LogP contribution < -0.4 is 11.2 Å². The maximum Gasteiger partial charge on any atom is 0.332 e. The largest absolute Gasteiger partial charge is 0.332 e. The molecule has 0 aliphatic carbocycles. The minimum Gasteiger partial charge on any atom is -0.309 e. The molecule has 0 unspecified atom stereocenters. The molecule has 0 aliphatic rings. The molecule has 0 saturated carbocycles.